The average Bonchev–Trinajstić information content (AvgIpc) is 3.08. The van der Waals surface area contributed by atoms with Gasteiger partial charge in [-0.2, -0.15) is 0 Å². The molecule has 0 saturated heterocycles. The quantitative estimate of drug-likeness (QED) is 0.409. The Morgan fingerprint density at radius 3 is 2.38 bits per heavy atom. The van der Waals surface area contributed by atoms with Crippen molar-refractivity contribution in [1.29, 1.82) is 0 Å². The highest BCUT2D eigenvalue weighted by Gasteiger charge is 2.21. The number of ether oxygens (including phenoxy) is 2. The van der Waals surface area contributed by atoms with Gasteiger partial charge in [-0.15, -0.1) is 0 Å². The Morgan fingerprint density at radius 1 is 0.897 bits per heavy atom. The Balaban J connectivity index is 1.45. The second-order valence-electron chi connectivity index (χ2n) is 7.21. The lowest BCUT2D eigenvalue weighted by Gasteiger charge is -2.07. The third kappa shape index (κ3) is 4.64. The van der Waals surface area contributed by atoms with E-state index < -0.39 is 0 Å². The lowest BCUT2D eigenvalue weighted by atomic mass is 10.1. The molecule has 0 N–H and O–H groups in total. The van der Waals surface area contributed by atoms with Gasteiger partial charge in [-0.3, -0.25) is 0 Å². The van der Waals surface area contributed by atoms with Crippen LogP contribution in [0.1, 0.15) is 27.8 Å². The molecule has 0 radical (unpaired) electrons. The number of cyclic esters (lactones) is 1. The fraction of sp³-hybridized carbons (Fsp3) is 0.115. The molecule has 0 fully saturated rings. The minimum atomic E-state index is -0.333. The van der Waals surface area contributed by atoms with Crippen LogP contribution in [0.15, 0.2) is 84.4 Å². The number of hydrogen-bond donors (Lipinski definition) is 0. The first-order valence-electron chi connectivity index (χ1n) is 9.58. The van der Waals surface area contributed by atoms with E-state index in [9.17, 15) is 4.79 Å². The van der Waals surface area contributed by atoms with Gasteiger partial charge in [0, 0.05) is 5.56 Å². The number of hydrogen-bond acceptors (Lipinski definition) is 3. The lowest BCUT2D eigenvalue weighted by molar-refractivity contribution is -0.130. The number of carbonyl (C=O) groups excluding carboxylic acids is 1. The van der Waals surface area contributed by atoms with Crippen LogP contribution in [-0.4, -0.2) is 5.97 Å². The molecule has 3 nitrogen and oxygen atoms in total. The highest BCUT2D eigenvalue weighted by molar-refractivity contribution is 6.05. The molecule has 0 unspecified atom stereocenters. The summed E-state index contributed by atoms with van der Waals surface area (Å²) in [5.41, 5.74) is 5.87. The van der Waals surface area contributed by atoms with Crippen LogP contribution in [0.25, 0.3) is 11.8 Å². The molecule has 3 aromatic rings. The van der Waals surface area contributed by atoms with Gasteiger partial charge in [0.15, 0.2) is 0 Å². The van der Waals surface area contributed by atoms with E-state index in [0.717, 1.165) is 22.4 Å². The van der Waals surface area contributed by atoms with Crippen molar-refractivity contribution in [2.24, 2.45) is 0 Å². The minimum absolute atomic E-state index is 0.333. The fourth-order valence-corrected chi connectivity index (χ4v) is 3.16. The molecular weight excluding hydrogens is 360 g/mol. The van der Waals surface area contributed by atoms with Crippen LogP contribution < -0.4 is 4.74 Å². The maximum atomic E-state index is 12.2. The summed E-state index contributed by atoms with van der Waals surface area (Å²) < 4.78 is 11.3. The first-order valence-corrected chi connectivity index (χ1v) is 9.58. The Morgan fingerprint density at radius 2 is 1.66 bits per heavy atom. The fourth-order valence-electron chi connectivity index (χ4n) is 3.16. The Kier molecular flexibility index (Phi) is 5.30. The topological polar surface area (TPSA) is 35.5 Å². The maximum absolute atomic E-state index is 12.2. The monoisotopic (exact) mass is 382 g/mol. The molecule has 0 amide bonds. The molecule has 0 bridgehead atoms. The molecule has 0 saturated carbocycles. The first-order chi connectivity index (χ1) is 14.1. The van der Waals surface area contributed by atoms with Gasteiger partial charge < -0.3 is 9.47 Å². The van der Waals surface area contributed by atoms with Crippen LogP contribution in [0.3, 0.4) is 0 Å². The van der Waals surface area contributed by atoms with E-state index in [1.165, 1.54) is 11.1 Å². The predicted octanol–water partition coefficient (Wildman–Crippen LogP) is 5.86. The molecule has 29 heavy (non-hydrogen) atoms. The third-order valence-electron chi connectivity index (χ3n) is 4.75. The summed E-state index contributed by atoms with van der Waals surface area (Å²) in [6, 6.07) is 23.9. The second-order valence-corrected chi connectivity index (χ2v) is 7.21. The minimum Gasteiger partial charge on any atom is -0.489 e. The van der Waals surface area contributed by atoms with Gasteiger partial charge in [-0.25, -0.2) is 4.79 Å². The van der Waals surface area contributed by atoms with Crippen LogP contribution in [0, 0.1) is 13.8 Å². The Hall–Kier alpha value is -3.59. The van der Waals surface area contributed by atoms with Crippen LogP contribution in [-0.2, 0) is 16.1 Å². The highest BCUT2D eigenvalue weighted by atomic mass is 16.5. The van der Waals surface area contributed by atoms with E-state index in [-0.39, 0.29) is 5.97 Å². The molecular formula is C26H22O3. The van der Waals surface area contributed by atoms with Gasteiger partial charge >= 0.3 is 5.97 Å². The second kappa shape index (κ2) is 8.19. The van der Waals surface area contributed by atoms with Gasteiger partial charge in [0.2, 0.25) is 0 Å². The zero-order valence-electron chi connectivity index (χ0n) is 16.5. The van der Waals surface area contributed by atoms with Crippen molar-refractivity contribution in [1.82, 2.24) is 0 Å². The SMILES string of the molecule is Cc1ccc(C2=C/C(=C\c3ccc(OCc4cccc(C)c4)cc3)C(=O)O2)cc1. The van der Waals surface area contributed by atoms with Crippen LogP contribution in [0.2, 0.25) is 0 Å². The van der Waals surface area contributed by atoms with Gasteiger partial charge in [-0.1, -0.05) is 71.8 Å². The lowest BCUT2D eigenvalue weighted by Crippen LogP contribution is -1.97. The highest BCUT2D eigenvalue weighted by Crippen LogP contribution is 2.28. The number of carbonyl (C=O) groups is 1. The number of rotatable bonds is 5. The molecule has 0 spiro atoms. The summed E-state index contributed by atoms with van der Waals surface area (Å²) in [5.74, 6) is 1.04. The molecule has 1 aliphatic rings. The molecule has 3 heteroatoms. The van der Waals surface area contributed by atoms with Crippen LogP contribution >= 0.6 is 0 Å². The zero-order chi connectivity index (χ0) is 20.2. The summed E-state index contributed by atoms with van der Waals surface area (Å²) in [4.78, 5) is 12.2. The van der Waals surface area contributed by atoms with Gasteiger partial charge in [0.25, 0.3) is 0 Å². The van der Waals surface area contributed by atoms with Crippen molar-refractivity contribution >= 4 is 17.8 Å². The molecule has 4 rings (SSSR count). The maximum Gasteiger partial charge on any atom is 0.343 e. The van der Waals surface area contributed by atoms with Crippen molar-refractivity contribution in [3.63, 3.8) is 0 Å². The van der Waals surface area contributed by atoms with E-state index >= 15 is 0 Å². The van der Waals surface area contributed by atoms with Crippen molar-refractivity contribution in [3.8, 4) is 5.75 Å². The summed E-state index contributed by atoms with van der Waals surface area (Å²) in [6.07, 6.45) is 3.61. The molecule has 1 aliphatic heterocycles. The van der Waals surface area contributed by atoms with Crippen LogP contribution in [0.5, 0.6) is 5.75 Å². The van der Waals surface area contributed by atoms with Crippen molar-refractivity contribution < 1.29 is 14.3 Å². The molecule has 3 aromatic carbocycles. The molecule has 0 atom stereocenters. The van der Waals surface area contributed by atoms with E-state index in [2.05, 4.69) is 25.1 Å². The van der Waals surface area contributed by atoms with Gasteiger partial charge in [0.05, 0.1) is 5.57 Å². The third-order valence-corrected chi connectivity index (χ3v) is 4.75. The van der Waals surface area contributed by atoms with Crippen molar-refractivity contribution in [3.05, 3.63) is 112 Å². The summed E-state index contributed by atoms with van der Waals surface area (Å²) in [6.45, 7) is 4.62. The molecule has 144 valence electrons. The van der Waals surface area contributed by atoms with Crippen molar-refractivity contribution in [2.45, 2.75) is 20.5 Å². The number of esters is 1. The first kappa shape index (κ1) is 18.8. The van der Waals surface area contributed by atoms with Gasteiger partial charge in [-0.05, 0) is 49.3 Å². The average molecular weight is 382 g/mol. The normalized spacial score (nSPS) is 14.6. The van der Waals surface area contributed by atoms with Crippen molar-refractivity contribution in [2.75, 3.05) is 0 Å². The van der Waals surface area contributed by atoms with E-state index in [4.69, 9.17) is 9.47 Å². The zero-order valence-corrected chi connectivity index (χ0v) is 16.5. The van der Waals surface area contributed by atoms with E-state index in [0.29, 0.717) is 17.9 Å². The molecule has 0 aliphatic carbocycles. The number of aryl methyl sites for hydroxylation is 2. The van der Waals surface area contributed by atoms with Crippen LogP contribution in [0.4, 0.5) is 0 Å². The summed E-state index contributed by atoms with van der Waals surface area (Å²) >= 11 is 0. The molecule has 0 aromatic heterocycles. The predicted molar refractivity (Wildman–Crippen MR) is 115 cm³/mol. The summed E-state index contributed by atoms with van der Waals surface area (Å²) in [7, 11) is 0. The largest absolute Gasteiger partial charge is 0.489 e. The van der Waals surface area contributed by atoms with E-state index in [1.807, 2.05) is 67.6 Å². The Bertz CT molecular complexity index is 1090. The van der Waals surface area contributed by atoms with Gasteiger partial charge in [0.1, 0.15) is 18.1 Å². The molecule has 1 heterocycles. The number of benzene rings is 3. The summed E-state index contributed by atoms with van der Waals surface area (Å²) in [5, 5.41) is 0. The van der Waals surface area contributed by atoms with E-state index in [1.54, 1.807) is 6.08 Å². The Labute approximate surface area is 170 Å². The smallest absolute Gasteiger partial charge is 0.343 e. The standard InChI is InChI=1S/C26H22O3/c1-18-6-10-22(11-7-18)25-16-23(26(27)29-25)15-20-8-12-24(13-9-20)28-17-21-5-3-4-19(2)14-21/h3-16H,17H2,1-2H3/b23-15+.